The minimum Gasteiger partial charge on any atom is -0.0799 e. The van der Waals surface area contributed by atoms with Gasteiger partial charge in [-0.05, 0) is 41.9 Å². The fourth-order valence-corrected chi connectivity index (χ4v) is 3.42. The minimum absolute atomic E-state index is 0.732. The van der Waals surface area contributed by atoms with Crippen LogP contribution in [0.4, 0.5) is 0 Å². The van der Waals surface area contributed by atoms with Crippen LogP contribution < -0.4 is 0 Å². The Bertz CT molecular complexity index is 628. The van der Waals surface area contributed by atoms with Crippen LogP contribution in [0, 0.1) is 5.92 Å². The molecule has 3 rings (SSSR count). The topological polar surface area (TPSA) is 0 Å². The van der Waals surface area contributed by atoms with Crippen LogP contribution in [0.15, 0.2) is 78.4 Å². The summed E-state index contributed by atoms with van der Waals surface area (Å²) in [6.07, 6.45) is 14.9. The van der Waals surface area contributed by atoms with Gasteiger partial charge in [0.2, 0.25) is 0 Å². The molecule has 23 heavy (non-hydrogen) atoms. The molecule has 0 bridgehead atoms. The third kappa shape index (κ3) is 4.96. The zero-order valence-corrected chi connectivity index (χ0v) is 13.8. The van der Waals surface area contributed by atoms with Crippen LogP contribution in [-0.2, 0) is 6.42 Å². The second kappa shape index (κ2) is 8.53. The summed E-state index contributed by atoms with van der Waals surface area (Å²) in [7, 11) is 0. The van der Waals surface area contributed by atoms with Gasteiger partial charge < -0.3 is 0 Å². The molecule has 0 unspecified atom stereocenters. The lowest BCUT2D eigenvalue weighted by Crippen LogP contribution is -2.08. The van der Waals surface area contributed by atoms with Crippen LogP contribution in [-0.4, -0.2) is 0 Å². The van der Waals surface area contributed by atoms with Crippen molar-refractivity contribution in [1.29, 1.82) is 0 Å². The predicted octanol–water partition coefficient (Wildman–Crippen LogP) is 6.45. The molecule has 0 heteroatoms. The zero-order valence-electron chi connectivity index (χ0n) is 13.8. The molecule has 1 saturated carbocycles. The number of hydrogen-bond donors (Lipinski definition) is 0. The summed E-state index contributed by atoms with van der Waals surface area (Å²) < 4.78 is 0. The van der Waals surface area contributed by atoms with E-state index in [0.29, 0.717) is 0 Å². The third-order valence-corrected chi connectivity index (χ3v) is 4.72. The average molecular weight is 302 g/mol. The maximum atomic E-state index is 2.39. The molecule has 1 aliphatic carbocycles. The molecule has 0 radical (unpaired) electrons. The van der Waals surface area contributed by atoms with Crippen LogP contribution >= 0.6 is 0 Å². The minimum atomic E-state index is 0.732. The van der Waals surface area contributed by atoms with Crippen molar-refractivity contribution in [2.45, 2.75) is 38.5 Å². The molecule has 118 valence electrons. The number of allylic oxidation sites excluding steroid dienone is 3. The lowest BCUT2D eigenvalue weighted by Gasteiger charge is -2.23. The Kier molecular flexibility index (Phi) is 5.86. The van der Waals surface area contributed by atoms with E-state index < -0.39 is 0 Å². The van der Waals surface area contributed by atoms with E-state index in [1.807, 2.05) is 0 Å². The number of benzene rings is 2. The van der Waals surface area contributed by atoms with Gasteiger partial charge in [-0.15, -0.1) is 0 Å². The van der Waals surface area contributed by atoms with Crippen LogP contribution in [0.3, 0.4) is 0 Å². The summed E-state index contributed by atoms with van der Waals surface area (Å²) in [6.45, 7) is 0. The molecule has 0 atom stereocenters. The van der Waals surface area contributed by atoms with E-state index in [1.165, 1.54) is 48.8 Å². The Balaban J connectivity index is 1.76. The molecule has 0 amide bonds. The third-order valence-electron chi connectivity index (χ3n) is 4.72. The van der Waals surface area contributed by atoms with Crippen molar-refractivity contribution in [1.82, 2.24) is 0 Å². The normalized spacial score (nSPS) is 16.8. The summed E-state index contributed by atoms with van der Waals surface area (Å²) in [6, 6.07) is 21.4. The van der Waals surface area contributed by atoms with Crippen LogP contribution in [0.1, 0.15) is 43.2 Å². The first-order valence-corrected chi connectivity index (χ1v) is 8.89. The van der Waals surface area contributed by atoms with Gasteiger partial charge in [0.25, 0.3) is 0 Å². The molecule has 2 aromatic carbocycles. The fourth-order valence-electron chi connectivity index (χ4n) is 3.42. The Morgan fingerprint density at radius 3 is 2.17 bits per heavy atom. The van der Waals surface area contributed by atoms with Crippen molar-refractivity contribution in [3.8, 4) is 0 Å². The maximum Gasteiger partial charge on any atom is -0.00942 e. The van der Waals surface area contributed by atoms with Crippen molar-refractivity contribution in [3.63, 3.8) is 0 Å². The van der Waals surface area contributed by atoms with Gasteiger partial charge in [-0.2, -0.15) is 0 Å². The monoisotopic (exact) mass is 302 g/mol. The van der Waals surface area contributed by atoms with Gasteiger partial charge in [0.1, 0.15) is 0 Å². The van der Waals surface area contributed by atoms with Crippen molar-refractivity contribution in [3.05, 3.63) is 89.5 Å². The SMILES string of the molecule is C(=C\C(=C\c1ccccc1)C1CCCCC1)/Cc1ccccc1. The van der Waals surface area contributed by atoms with Crippen molar-refractivity contribution in [2.24, 2.45) is 5.92 Å². The Labute approximate surface area is 140 Å². The summed E-state index contributed by atoms with van der Waals surface area (Å²) >= 11 is 0. The molecule has 0 N–H and O–H groups in total. The van der Waals surface area contributed by atoms with E-state index >= 15 is 0 Å². The van der Waals surface area contributed by atoms with E-state index in [0.717, 1.165) is 12.3 Å². The highest BCUT2D eigenvalue weighted by atomic mass is 14.2. The van der Waals surface area contributed by atoms with Gasteiger partial charge in [0, 0.05) is 0 Å². The maximum absolute atomic E-state index is 2.39. The summed E-state index contributed by atoms with van der Waals surface area (Å²) in [5.74, 6) is 0.732. The molecule has 0 heterocycles. The lowest BCUT2D eigenvalue weighted by atomic mass is 9.82. The van der Waals surface area contributed by atoms with Gasteiger partial charge >= 0.3 is 0 Å². The van der Waals surface area contributed by atoms with E-state index in [4.69, 9.17) is 0 Å². The molecular formula is C23H26. The fraction of sp³-hybridized carbons (Fsp3) is 0.304. The summed E-state index contributed by atoms with van der Waals surface area (Å²) in [5.41, 5.74) is 4.20. The van der Waals surface area contributed by atoms with Crippen molar-refractivity contribution < 1.29 is 0 Å². The first-order chi connectivity index (χ1) is 11.4. The van der Waals surface area contributed by atoms with Gasteiger partial charge in [0.15, 0.2) is 0 Å². The molecular weight excluding hydrogens is 276 g/mol. The molecule has 0 aromatic heterocycles. The summed E-state index contributed by atoms with van der Waals surface area (Å²) in [5, 5.41) is 0. The van der Waals surface area contributed by atoms with Gasteiger partial charge in [-0.25, -0.2) is 0 Å². The van der Waals surface area contributed by atoms with Gasteiger partial charge in [-0.1, -0.05) is 98.2 Å². The molecule has 1 fully saturated rings. The van der Waals surface area contributed by atoms with Crippen molar-refractivity contribution >= 4 is 6.08 Å². The van der Waals surface area contributed by atoms with Crippen LogP contribution in [0.25, 0.3) is 6.08 Å². The quantitative estimate of drug-likeness (QED) is 0.557. The predicted molar refractivity (Wildman–Crippen MR) is 100 cm³/mol. The molecule has 0 aliphatic heterocycles. The van der Waals surface area contributed by atoms with E-state index in [2.05, 4.69) is 78.9 Å². The highest BCUT2D eigenvalue weighted by Gasteiger charge is 2.16. The first kappa shape index (κ1) is 15.8. The average Bonchev–Trinajstić information content (AvgIpc) is 2.63. The molecule has 0 spiro atoms. The van der Waals surface area contributed by atoms with E-state index in [1.54, 1.807) is 0 Å². The highest BCUT2D eigenvalue weighted by molar-refractivity contribution is 5.56. The highest BCUT2D eigenvalue weighted by Crippen LogP contribution is 2.31. The number of rotatable bonds is 5. The zero-order chi connectivity index (χ0) is 15.7. The van der Waals surface area contributed by atoms with Crippen LogP contribution in [0.5, 0.6) is 0 Å². The second-order valence-corrected chi connectivity index (χ2v) is 6.48. The smallest absolute Gasteiger partial charge is 0.00942 e. The van der Waals surface area contributed by atoms with Gasteiger partial charge in [-0.3, -0.25) is 0 Å². The van der Waals surface area contributed by atoms with Crippen molar-refractivity contribution in [2.75, 3.05) is 0 Å². The summed E-state index contributed by atoms with van der Waals surface area (Å²) in [4.78, 5) is 0. The standard InChI is InChI=1S/C23H26/c1-4-11-20(12-5-1)15-10-18-23(22-16-8-3-9-17-22)19-21-13-6-2-7-14-21/h1-2,4-7,10-14,18-19,22H,3,8-9,15-17H2/b18-10+,23-19-. The molecule has 0 nitrogen and oxygen atoms in total. The Morgan fingerprint density at radius 1 is 0.826 bits per heavy atom. The Hall–Kier alpha value is -2.08. The van der Waals surface area contributed by atoms with E-state index in [-0.39, 0.29) is 0 Å². The number of hydrogen-bond acceptors (Lipinski definition) is 0. The molecule has 1 aliphatic rings. The Morgan fingerprint density at radius 2 is 1.48 bits per heavy atom. The van der Waals surface area contributed by atoms with Crippen LogP contribution in [0.2, 0.25) is 0 Å². The van der Waals surface area contributed by atoms with E-state index in [9.17, 15) is 0 Å². The molecule has 2 aromatic rings. The molecule has 0 saturated heterocycles. The van der Waals surface area contributed by atoms with Gasteiger partial charge in [0.05, 0.1) is 0 Å². The lowest BCUT2D eigenvalue weighted by molar-refractivity contribution is 0.409. The largest absolute Gasteiger partial charge is 0.0799 e. The first-order valence-electron chi connectivity index (χ1n) is 8.89. The second-order valence-electron chi connectivity index (χ2n) is 6.48.